The molecule has 0 saturated heterocycles. The second-order valence-corrected chi connectivity index (χ2v) is 8.51. The topological polar surface area (TPSA) is 18.5 Å². The van der Waals surface area contributed by atoms with Gasteiger partial charge in [0.15, 0.2) is 11.5 Å². The molecule has 2 nitrogen and oxygen atoms in total. The SMILES string of the molecule is c1ccc(C(c2ccccc2)c2ccc3c(c2)OC(c2ccccc2)(c2ccccc2)O3)cc1. The third-order valence-corrected chi connectivity index (χ3v) is 6.38. The molecule has 1 aliphatic rings. The van der Waals surface area contributed by atoms with Gasteiger partial charge < -0.3 is 9.47 Å². The maximum atomic E-state index is 6.71. The molecule has 0 amide bonds. The van der Waals surface area contributed by atoms with Gasteiger partial charge in [0, 0.05) is 17.0 Å². The summed E-state index contributed by atoms with van der Waals surface area (Å²) in [6.45, 7) is 0. The van der Waals surface area contributed by atoms with Crippen LogP contribution in [0.5, 0.6) is 11.5 Å². The van der Waals surface area contributed by atoms with Crippen molar-refractivity contribution in [2.24, 2.45) is 0 Å². The highest BCUT2D eigenvalue weighted by Crippen LogP contribution is 2.49. The molecule has 0 aromatic heterocycles. The Bertz CT molecular complexity index is 1300. The summed E-state index contributed by atoms with van der Waals surface area (Å²) < 4.78 is 13.3. The first-order valence-corrected chi connectivity index (χ1v) is 11.6. The van der Waals surface area contributed by atoms with E-state index >= 15 is 0 Å². The zero-order chi connectivity index (χ0) is 22.8. The number of fused-ring (bicyclic) bond motifs is 1. The van der Waals surface area contributed by atoms with Crippen molar-refractivity contribution in [3.8, 4) is 11.5 Å². The number of hydrogen-bond donors (Lipinski definition) is 0. The maximum absolute atomic E-state index is 6.71. The minimum Gasteiger partial charge on any atom is -0.440 e. The maximum Gasteiger partial charge on any atom is 0.305 e. The molecule has 5 aromatic rings. The smallest absolute Gasteiger partial charge is 0.305 e. The van der Waals surface area contributed by atoms with E-state index in [-0.39, 0.29) is 5.92 Å². The lowest BCUT2D eigenvalue weighted by atomic mass is 9.85. The average molecular weight is 441 g/mol. The molecule has 0 bridgehead atoms. The van der Waals surface area contributed by atoms with Crippen LogP contribution in [-0.2, 0) is 5.79 Å². The third kappa shape index (κ3) is 3.54. The second kappa shape index (κ2) is 8.57. The van der Waals surface area contributed by atoms with E-state index in [1.165, 1.54) is 11.1 Å². The molecule has 0 spiro atoms. The fourth-order valence-corrected chi connectivity index (χ4v) is 4.78. The summed E-state index contributed by atoms with van der Waals surface area (Å²) in [7, 11) is 0. The van der Waals surface area contributed by atoms with Crippen LogP contribution in [0, 0.1) is 0 Å². The molecule has 34 heavy (non-hydrogen) atoms. The van der Waals surface area contributed by atoms with Gasteiger partial charge in [-0.25, -0.2) is 0 Å². The number of benzene rings is 5. The van der Waals surface area contributed by atoms with Crippen LogP contribution in [0.1, 0.15) is 33.7 Å². The zero-order valence-corrected chi connectivity index (χ0v) is 18.7. The van der Waals surface area contributed by atoms with Gasteiger partial charge in [0.1, 0.15) is 0 Å². The number of rotatable bonds is 5. The monoisotopic (exact) mass is 440 g/mol. The van der Waals surface area contributed by atoms with Crippen LogP contribution in [0.25, 0.3) is 0 Å². The minimum atomic E-state index is -1.02. The molecule has 0 atom stereocenters. The van der Waals surface area contributed by atoms with Crippen LogP contribution in [-0.4, -0.2) is 0 Å². The van der Waals surface area contributed by atoms with E-state index in [9.17, 15) is 0 Å². The lowest BCUT2D eigenvalue weighted by molar-refractivity contribution is -0.0459. The van der Waals surface area contributed by atoms with E-state index in [4.69, 9.17) is 9.47 Å². The summed E-state index contributed by atoms with van der Waals surface area (Å²) in [5, 5.41) is 0. The minimum absolute atomic E-state index is 0.0970. The van der Waals surface area contributed by atoms with Gasteiger partial charge in [-0.05, 0) is 28.8 Å². The van der Waals surface area contributed by atoms with Crippen molar-refractivity contribution >= 4 is 0 Å². The summed E-state index contributed by atoms with van der Waals surface area (Å²) >= 11 is 0. The standard InChI is InChI=1S/C32H24O2/c1-5-13-24(14-6-1)31(25-15-7-2-8-16-25)26-21-22-29-30(23-26)34-32(33-29,27-17-9-3-10-18-27)28-19-11-4-12-20-28/h1-23,31H. The fraction of sp³-hybridized carbons (Fsp3) is 0.0625. The van der Waals surface area contributed by atoms with E-state index in [1.54, 1.807) is 0 Å². The van der Waals surface area contributed by atoms with Gasteiger partial charge in [-0.15, -0.1) is 0 Å². The predicted octanol–water partition coefficient (Wildman–Crippen LogP) is 7.54. The molecule has 6 rings (SSSR count). The van der Waals surface area contributed by atoms with Gasteiger partial charge >= 0.3 is 5.79 Å². The van der Waals surface area contributed by atoms with Crippen LogP contribution < -0.4 is 9.47 Å². The van der Waals surface area contributed by atoms with Crippen LogP contribution >= 0.6 is 0 Å². The van der Waals surface area contributed by atoms with Gasteiger partial charge in [-0.2, -0.15) is 0 Å². The lowest BCUT2D eigenvalue weighted by Crippen LogP contribution is -2.36. The highest BCUT2D eigenvalue weighted by molar-refractivity contribution is 5.54. The molecular formula is C32H24O2. The molecule has 0 aliphatic carbocycles. The summed E-state index contributed by atoms with van der Waals surface area (Å²) in [5.74, 6) is 0.580. The van der Waals surface area contributed by atoms with Crippen molar-refractivity contribution < 1.29 is 9.47 Å². The Morgan fingerprint density at radius 3 is 1.35 bits per heavy atom. The van der Waals surface area contributed by atoms with E-state index in [2.05, 4.69) is 97.1 Å². The van der Waals surface area contributed by atoms with Crippen LogP contribution in [0.3, 0.4) is 0 Å². The van der Waals surface area contributed by atoms with Crippen molar-refractivity contribution in [2.45, 2.75) is 11.7 Å². The first kappa shape index (κ1) is 20.3. The van der Waals surface area contributed by atoms with Crippen molar-refractivity contribution in [2.75, 3.05) is 0 Å². The van der Waals surface area contributed by atoms with Gasteiger partial charge in [0.2, 0.25) is 0 Å². The first-order valence-electron chi connectivity index (χ1n) is 11.6. The fourth-order valence-electron chi connectivity index (χ4n) is 4.78. The number of hydrogen-bond acceptors (Lipinski definition) is 2. The van der Waals surface area contributed by atoms with Crippen LogP contribution in [0.4, 0.5) is 0 Å². The second-order valence-electron chi connectivity index (χ2n) is 8.51. The van der Waals surface area contributed by atoms with Crippen molar-refractivity contribution in [3.63, 3.8) is 0 Å². The molecule has 0 radical (unpaired) electrons. The van der Waals surface area contributed by atoms with E-state index in [0.717, 1.165) is 28.2 Å². The third-order valence-electron chi connectivity index (χ3n) is 6.38. The quantitative estimate of drug-likeness (QED) is 0.263. The Morgan fingerprint density at radius 1 is 0.412 bits per heavy atom. The zero-order valence-electron chi connectivity index (χ0n) is 18.7. The van der Waals surface area contributed by atoms with Crippen molar-refractivity contribution in [3.05, 3.63) is 167 Å². The molecule has 1 heterocycles. The summed E-state index contributed by atoms with van der Waals surface area (Å²) in [5.41, 5.74) is 5.56. The molecule has 5 aromatic carbocycles. The van der Waals surface area contributed by atoms with E-state index in [0.29, 0.717) is 0 Å². The average Bonchev–Trinajstić information content (AvgIpc) is 3.31. The van der Waals surface area contributed by atoms with Crippen molar-refractivity contribution in [1.82, 2.24) is 0 Å². The highest BCUT2D eigenvalue weighted by atomic mass is 16.7. The molecule has 2 heteroatoms. The predicted molar refractivity (Wildman–Crippen MR) is 135 cm³/mol. The highest BCUT2D eigenvalue weighted by Gasteiger charge is 2.45. The first-order chi connectivity index (χ1) is 16.8. The molecule has 0 saturated carbocycles. The van der Waals surface area contributed by atoms with Gasteiger partial charge in [-0.1, -0.05) is 127 Å². The Hall–Kier alpha value is -4.30. The Balaban J connectivity index is 1.46. The van der Waals surface area contributed by atoms with E-state index in [1.807, 2.05) is 42.5 Å². The van der Waals surface area contributed by atoms with Crippen molar-refractivity contribution in [1.29, 1.82) is 0 Å². The molecule has 1 aliphatic heterocycles. The summed E-state index contributed by atoms with van der Waals surface area (Å²) in [6, 6.07) is 47.8. The summed E-state index contributed by atoms with van der Waals surface area (Å²) in [4.78, 5) is 0. The molecule has 0 fully saturated rings. The summed E-state index contributed by atoms with van der Waals surface area (Å²) in [6.07, 6.45) is 0. The van der Waals surface area contributed by atoms with Gasteiger partial charge in [-0.3, -0.25) is 0 Å². The van der Waals surface area contributed by atoms with Crippen LogP contribution in [0.15, 0.2) is 140 Å². The Labute approximate surface area is 200 Å². The number of ether oxygens (including phenoxy) is 2. The van der Waals surface area contributed by atoms with Gasteiger partial charge in [0.25, 0.3) is 0 Å². The Morgan fingerprint density at radius 2 is 0.853 bits per heavy atom. The largest absolute Gasteiger partial charge is 0.440 e. The molecular weight excluding hydrogens is 416 g/mol. The lowest BCUT2D eigenvalue weighted by Gasteiger charge is -2.28. The Kier molecular flexibility index (Phi) is 5.12. The molecule has 164 valence electrons. The van der Waals surface area contributed by atoms with Crippen LogP contribution in [0.2, 0.25) is 0 Å². The van der Waals surface area contributed by atoms with E-state index < -0.39 is 5.79 Å². The molecule has 0 unspecified atom stereocenters. The normalized spacial score (nSPS) is 13.7. The van der Waals surface area contributed by atoms with Gasteiger partial charge in [0.05, 0.1) is 0 Å². The molecule has 0 N–H and O–H groups in total.